The molecule has 2 N–H and O–H groups in total. The monoisotopic (exact) mass is 461 g/mol. The highest BCUT2D eigenvalue weighted by atomic mass is 19.1. The number of H-pyrrole nitrogens is 1. The number of benzene rings is 2. The number of nitrogens with one attached hydrogen (secondary N) is 2. The van der Waals surface area contributed by atoms with Crippen LogP contribution < -0.4 is 19.5 Å². The van der Waals surface area contributed by atoms with Crippen molar-refractivity contribution >= 4 is 17.2 Å². The second-order valence-corrected chi connectivity index (χ2v) is 8.14. The second kappa shape index (κ2) is 8.98. The molecule has 1 aliphatic carbocycles. The van der Waals surface area contributed by atoms with Crippen molar-refractivity contribution in [1.82, 2.24) is 14.6 Å². The van der Waals surface area contributed by atoms with Crippen LogP contribution in [-0.4, -0.2) is 34.9 Å². The summed E-state index contributed by atoms with van der Waals surface area (Å²) in [5, 5.41) is 16.4. The molecule has 4 aromatic rings. The molecule has 0 atom stereocenters. The van der Waals surface area contributed by atoms with Crippen LogP contribution in [0.2, 0.25) is 0 Å². The molecule has 2 aromatic carbocycles. The minimum absolute atomic E-state index is 0.128. The molecule has 0 bridgehead atoms. The summed E-state index contributed by atoms with van der Waals surface area (Å²) in [6, 6.07) is 12.3. The molecule has 0 unspecified atom stereocenters. The van der Waals surface area contributed by atoms with Gasteiger partial charge in [-0.15, -0.1) is 0 Å². The van der Waals surface area contributed by atoms with Crippen molar-refractivity contribution in [2.24, 2.45) is 0 Å². The first-order chi connectivity index (χ1) is 16.6. The predicted molar refractivity (Wildman–Crippen MR) is 125 cm³/mol. The lowest BCUT2D eigenvalue weighted by Gasteiger charge is -2.16. The van der Waals surface area contributed by atoms with E-state index in [2.05, 4.69) is 21.5 Å². The number of aromatic amines is 1. The van der Waals surface area contributed by atoms with Crippen LogP contribution in [0.25, 0.3) is 16.9 Å². The van der Waals surface area contributed by atoms with Crippen molar-refractivity contribution in [3.05, 3.63) is 54.0 Å². The Morgan fingerprint density at radius 2 is 1.88 bits per heavy atom. The Labute approximate surface area is 195 Å². The summed E-state index contributed by atoms with van der Waals surface area (Å²) in [5.41, 5.74) is 2.89. The van der Waals surface area contributed by atoms with E-state index in [9.17, 15) is 9.65 Å². The third-order valence-corrected chi connectivity index (χ3v) is 6.04. The summed E-state index contributed by atoms with van der Waals surface area (Å²) in [5.74, 6) is 1.57. The van der Waals surface area contributed by atoms with E-state index < -0.39 is 5.82 Å². The summed E-state index contributed by atoms with van der Waals surface area (Å²) in [6.07, 6.45) is 6.15. The van der Waals surface area contributed by atoms with Gasteiger partial charge >= 0.3 is 0 Å². The number of hydrogen-bond acceptors (Lipinski definition) is 6. The van der Waals surface area contributed by atoms with Gasteiger partial charge in [0, 0.05) is 17.3 Å². The first-order valence-electron chi connectivity index (χ1n) is 11.1. The summed E-state index contributed by atoms with van der Waals surface area (Å²) < 4.78 is 32.2. The number of methoxy groups -OCH3 is 2. The standard InChI is InChI=1S/C25H24FN5O3/c1-32-20-10-7-15(11-22(20)34-17-5-3-4-6-17)24-18(13-27)25-28-14-23(31(25)30-24)29-16-8-9-19(26)21(12-16)33-2/h7-12,14,17,29-30H,3-6H2,1-2H3. The number of aromatic nitrogens is 3. The Balaban J connectivity index is 1.52. The average molecular weight is 461 g/mol. The maximum Gasteiger partial charge on any atom is 0.173 e. The first-order valence-corrected chi connectivity index (χ1v) is 11.1. The molecule has 2 heterocycles. The summed E-state index contributed by atoms with van der Waals surface area (Å²) in [7, 11) is 3.03. The van der Waals surface area contributed by atoms with Crippen LogP contribution in [0.4, 0.5) is 15.9 Å². The van der Waals surface area contributed by atoms with Crippen LogP contribution >= 0.6 is 0 Å². The normalized spacial score (nSPS) is 13.7. The van der Waals surface area contributed by atoms with Crippen LogP contribution in [0.5, 0.6) is 17.2 Å². The van der Waals surface area contributed by atoms with Gasteiger partial charge in [-0.3, -0.25) is 5.10 Å². The molecular weight excluding hydrogens is 437 g/mol. The Morgan fingerprint density at radius 3 is 2.62 bits per heavy atom. The quantitative estimate of drug-likeness (QED) is 0.381. The highest BCUT2D eigenvalue weighted by Gasteiger charge is 2.22. The number of nitriles is 1. The molecule has 34 heavy (non-hydrogen) atoms. The summed E-state index contributed by atoms with van der Waals surface area (Å²) in [4.78, 5) is 4.42. The third kappa shape index (κ3) is 3.88. The fourth-order valence-corrected chi connectivity index (χ4v) is 4.32. The van der Waals surface area contributed by atoms with E-state index >= 15 is 0 Å². The molecule has 1 saturated carbocycles. The topological polar surface area (TPSA) is 96.6 Å². The van der Waals surface area contributed by atoms with E-state index in [4.69, 9.17) is 14.2 Å². The molecule has 5 rings (SSSR count). The number of halogens is 1. The fourth-order valence-electron chi connectivity index (χ4n) is 4.32. The number of nitrogens with zero attached hydrogens (tertiary/aromatic N) is 3. The highest BCUT2D eigenvalue weighted by molar-refractivity contribution is 5.78. The lowest BCUT2D eigenvalue weighted by Crippen LogP contribution is -2.11. The van der Waals surface area contributed by atoms with Crippen LogP contribution in [0.3, 0.4) is 0 Å². The SMILES string of the molecule is COc1cc(Nc2cnc3c(C#N)c(-c4ccc(OC)c(OC5CCCC5)c4)[nH]n23)ccc1F. The van der Waals surface area contributed by atoms with Gasteiger partial charge < -0.3 is 19.5 Å². The summed E-state index contributed by atoms with van der Waals surface area (Å²) in [6.45, 7) is 0. The number of hydrogen-bond donors (Lipinski definition) is 2. The number of fused-ring (bicyclic) bond motifs is 1. The molecule has 0 amide bonds. The van der Waals surface area contributed by atoms with Gasteiger partial charge in [0.05, 0.1) is 32.2 Å². The fraction of sp³-hybridized carbons (Fsp3) is 0.280. The minimum Gasteiger partial charge on any atom is -0.494 e. The second-order valence-electron chi connectivity index (χ2n) is 8.14. The van der Waals surface area contributed by atoms with E-state index in [-0.39, 0.29) is 11.9 Å². The Morgan fingerprint density at radius 1 is 1.09 bits per heavy atom. The minimum atomic E-state index is -0.449. The van der Waals surface area contributed by atoms with Gasteiger partial charge in [-0.1, -0.05) is 0 Å². The number of ether oxygens (including phenoxy) is 3. The van der Waals surface area contributed by atoms with Crippen molar-refractivity contribution in [3.8, 4) is 34.6 Å². The molecule has 0 radical (unpaired) electrons. The zero-order chi connectivity index (χ0) is 23.7. The first kappa shape index (κ1) is 21.6. The van der Waals surface area contributed by atoms with Gasteiger partial charge in [0.15, 0.2) is 34.5 Å². The molecule has 8 nitrogen and oxygen atoms in total. The Hall–Kier alpha value is -4.19. The molecule has 174 valence electrons. The van der Waals surface area contributed by atoms with Gasteiger partial charge in [0.1, 0.15) is 11.6 Å². The van der Waals surface area contributed by atoms with Gasteiger partial charge in [-0.05, 0) is 56.0 Å². The van der Waals surface area contributed by atoms with Gasteiger partial charge in [-0.2, -0.15) is 5.26 Å². The number of rotatable bonds is 7. The Kier molecular flexibility index (Phi) is 5.72. The smallest absolute Gasteiger partial charge is 0.173 e. The molecule has 1 fully saturated rings. The maximum absolute atomic E-state index is 13.8. The molecule has 2 aromatic heterocycles. The summed E-state index contributed by atoms with van der Waals surface area (Å²) >= 11 is 0. The van der Waals surface area contributed by atoms with Gasteiger partial charge in [0.25, 0.3) is 0 Å². The molecular formula is C25H24FN5O3. The molecule has 0 spiro atoms. The van der Waals surface area contributed by atoms with Gasteiger partial charge in [0.2, 0.25) is 0 Å². The maximum atomic E-state index is 13.8. The van der Waals surface area contributed by atoms with Crippen molar-refractivity contribution in [2.45, 2.75) is 31.8 Å². The van der Waals surface area contributed by atoms with E-state index in [1.54, 1.807) is 30.0 Å². The van der Waals surface area contributed by atoms with Crippen molar-refractivity contribution < 1.29 is 18.6 Å². The van der Waals surface area contributed by atoms with Crippen molar-refractivity contribution in [3.63, 3.8) is 0 Å². The molecule has 0 aliphatic heterocycles. The largest absolute Gasteiger partial charge is 0.494 e. The van der Waals surface area contributed by atoms with Gasteiger partial charge in [-0.25, -0.2) is 13.9 Å². The van der Waals surface area contributed by atoms with Crippen LogP contribution in [0.15, 0.2) is 42.6 Å². The number of imidazole rings is 1. The molecule has 9 heteroatoms. The zero-order valence-electron chi connectivity index (χ0n) is 18.9. The third-order valence-electron chi connectivity index (χ3n) is 6.04. The van der Waals surface area contributed by atoms with Crippen LogP contribution in [0, 0.1) is 17.1 Å². The van der Waals surface area contributed by atoms with Crippen molar-refractivity contribution in [2.75, 3.05) is 19.5 Å². The van der Waals surface area contributed by atoms with Crippen molar-refractivity contribution in [1.29, 1.82) is 5.26 Å². The lowest BCUT2D eigenvalue weighted by molar-refractivity contribution is 0.201. The highest BCUT2D eigenvalue weighted by Crippen LogP contribution is 2.37. The van der Waals surface area contributed by atoms with E-state index in [1.165, 1.54) is 13.2 Å². The predicted octanol–water partition coefficient (Wildman–Crippen LogP) is 5.42. The number of anilines is 2. The van der Waals surface area contributed by atoms with E-state index in [1.807, 2.05) is 18.2 Å². The van der Waals surface area contributed by atoms with E-state index in [0.29, 0.717) is 39.9 Å². The van der Waals surface area contributed by atoms with Crippen LogP contribution in [-0.2, 0) is 0 Å². The molecule has 0 saturated heterocycles. The zero-order valence-corrected chi connectivity index (χ0v) is 18.9. The average Bonchev–Trinajstić information content (AvgIpc) is 3.58. The Bertz CT molecular complexity index is 1380. The molecule has 1 aliphatic rings. The lowest BCUT2D eigenvalue weighted by atomic mass is 10.1. The van der Waals surface area contributed by atoms with Crippen LogP contribution in [0.1, 0.15) is 31.2 Å². The van der Waals surface area contributed by atoms with E-state index in [0.717, 1.165) is 31.2 Å².